The summed E-state index contributed by atoms with van der Waals surface area (Å²) in [6, 6.07) is 6.76. The highest BCUT2D eigenvalue weighted by molar-refractivity contribution is 8.18. The van der Waals surface area contributed by atoms with Crippen molar-refractivity contribution in [3.63, 3.8) is 0 Å². The van der Waals surface area contributed by atoms with Crippen molar-refractivity contribution in [2.24, 2.45) is 0 Å². The second-order valence-corrected chi connectivity index (χ2v) is 5.63. The molecule has 124 valence electrons. The molecule has 7 heteroatoms. The summed E-state index contributed by atoms with van der Waals surface area (Å²) in [5, 5.41) is -0.376. The average molecular weight is 345 g/mol. The lowest BCUT2D eigenvalue weighted by molar-refractivity contribution is -0.145. The van der Waals surface area contributed by atoms with Gasteiger partial charge in [-0.3, -0.25) is 14.5 Å². The monoisotopic (exact) mass is 345 g/mol. The summed E-state index contributed by atoms with van der Waals surface area (Å²) in [7, 11) is 0. The molecule has 1 heterocycles. The van der Waals surface area contributed by atoms with Gasteiger partial charge in [-0.1, -0.05) is 18.1 Å². The molecule has 0 unspecified atom stereocenters. The Kier molecular flexibility index (Phi) is 6.04. The maximum atomic E-state index is 12.1. The van der Waals surface area contributed by atoms with E-state index in [1.807, 2.05) is 0 Å². The van der Waals surface area contributed by atoms with Crippen LogP contribution in [-0.2, 0) is 14.3 Å². The Labute approximate surface area is 143 Å². The van der Waals surface area contributed by atoms with Crippen molar-refractivity contribution in [2.75, 3.05) is 19.8 Å². The molecule has 0 spiro atoms. The summed E-state index contributed by atoms with van der Waals surface area (Å²) in [4.78, 5) is 36.3. The van der Waals surface area contributed by atoms with Gasteiger partial charge in [-0.25, -0.2) is 4.79 Å². The predicted octanol–water partition coefficient (Wildman–Crippen LogP) is 2.30. The Morgan fingerprint density at radius 2 is 2.04 bits per heavy atom. The van der Waals surface area contributed by atoms with Gasteiger partial charge in [0, 0.05) is 0 Å². The number of thioether (sulfide) groups is 1. The van der Waals surface area contributed by atoms with E-state index in [0.717, 1.165) is 22.2 Å². The Morgan fingerprint density at radius 3 is 2.67 bits per heavy atom. The van der Waals surface area contributed by atoms with Gasteiger partial charge in [0.1, 0.15) is 5.75 Å². The minimum Gasteiger partial charge on any atom is -0.482 e. The van der Waals surface area contributed by atoms with E-state index >= 15 is 0 Å². The molecule has 2 amide bonds. The third-order valence-electron chi connectivity index (χ3n) is 2.96. The molecule has 0 aliphatic carbocycles. The number of carbonyl (C=O) groups excluding carboxylic acids is 3. The first kappa shape index (κ1) is 17.6. The first-order chi connectivity index (χ1) is 11.5. The van der Waals surface area contributed by atoms with E-state index in [1.54, 1.807) is 37.3 Å². The first-order valence-corrected chi connectivity index (χ1v) is 7.94. The molecular formula is C17H15NO5S. The summed E-state index contributed by atoms with van der Waals surface area (Å²) in [5.41, 5.74) is 0.727. The predicted molar refractivity (Wildman–Crippen MR) is 90.1 cm³/mol. The van der Waals surface area contributed by atoms with Crippen LogP contribution in [0, 0.1) is 12.3 Å². The van der Waals surface area contributed by atoms with Gasteiger partial charge in [0.05, 0.1) is 18.1 Å². The molecule has 0 radical (unpaired) electrons. The molecule has 0 bridgehead atoms. The van der Waals surface area contributed by atoms with E-state index in [2.05, 4.69) is 5.92 Å². The number of amides is 2. The van der Waals surface area contributed by atoms with Gasteiger partial charge in [-0.2, -0.15) is 0 Å². The number of carbonyl (C=O) groups is 3. The number of nitrogens with zero attached hydrogens (tertiary/aromatic N) is 1. The fraction of sp³-hybridized carbons (Fsp3) is 0.235. The van der Waals surface area contributed by atoms with E-state index in [9.17, 15) is 14.4 Å². The van der Waals surface area contributed by atoms with Crippen LogP contribution in [0.2, 0.25) is 0 Å². The van der Waals surface area contributed by atoms with E-state index in [-0.39, 0.29) is 18.4 Å². The number of terminal acetylenes is 1. The second kappa shape index (κ2) is 8.22. The first-order valence-electron chi connectivity index (χ1n) is 7.12. The third kappa shape index (κ3) is 4.40. The summed E-state index contributed by atoms with van der Waals surface area (Å²) in [6.07, 6.45) is 6.75. The van der Waals surface area contributed by atoms with E-state index in [4.69, 9.17) is 15.9 Å². The van der Waals surface area contributed by atoms with Gasteiger partial charge in [0.15, 0.2) is 6.61 Å². The minimum atomic E-state index is -0.441. The van der Waals surface area contributed by atoms with Crippen LogP contribution in [0.25, 0.3) is 6.08 Å². The van der Waals surface area contributed by atoms with Crippen molar-refractivity contribution in [3.05, 3.63) is 34.7 Å². The molecule has 0 saturated carbocycles. The van der Waals surface area contributed by atoms with Crippen LogP contribution < -0.4 is 4.74 Å². The number of imide groups is 1. The van der Waals surface area contributed by atoms with Crippen LogP contribution in [0.1, 0.15) is 12.5 Å². The van der Waals surface area contributed by atoms with E-state index < -0.39 is 11.9 Å². The second-order valence-electron chi connectivity index (χ2n) is 4.63. The molecule has 2 rings (SSSR count). The summed E-state index contributed by atoms with van der Waals surface area (Å²) < 4.78 is 10.0. The van der Waals surface area contributed by atoms with Crippen LogP contribution in [0.3, 0.4) is 0 Å². The van der Waals surface area contributed by atoms with Crippen molar-refractivity contribution in [2.45, 2.75) is 6.92 Å². The molecule has 0 aromatic heterocycles. The highest BCUT2D eigenvalue weighted by atomic mass is 32.2. The van der Waals surface area contributed by atoms with Crippen LogP contribution in [0.5, 0.6) is 5.75 Å². The molecule has 1 saturated heterocycles. The van der Waals surface area contributed by atoms with Gasteiger partial charge in [0.2, 0.25) is 0 Å². The fourth-order valence-corrected chi connectivity index (χ4v) is 2.72. The van der Waals surface area contributed by atoms with Crippen LogP contribution >= 0.6 is 11.8 Å². The summed E-state index contributed by atoms with van der Waals surface area (Å²) in [6.45, 7) is 1.81. The van der Waals surface area contributed by atoms with Crippen molar-refractivity contribution < 1.29 is 23.9 Å². The Hall–Kier alpha value is -2.72. The summed E-state index contributed by atoms with van der Waals surface area (Å²) >= 11 is 0.851. The number of benzene rings is 1. The quantitative estimate of drug-likeness (QED) is 0.447. The SMILES string of the molecule is C#CCN1C(=O)S/C(=C\c2ccc(OCC(=O)OCC)cc2)C1=O. The highest BCUT2D eigenvalue weighted by Gasteiger charge is 2.34. The maximum Gasteiger partial charge on any atom is 0.344 e. The standard InChI is InChI=1S/C17H15NO5S/c1-3-9-18-16(20)14(24-17(18)21)10-12-5-7-13(8-6-12)23-11-15(19)22-4-2/h1,5-8,10H,4,9,11H2,2H3/b14-10-. The minimum absolute atomic E-state index is 0.0390. The zero-order chi connectivity index (χ0) is 17.5. The zero-order valence-electron chi connectivity index (χ0n) is 13.0. The number of esters is 1. The lowest BCUT2D eigenvalue weighted by Gasteiger charge is -2.07. The van der Waals surface area contributed by atoms with Crippen LogP contribution in [0.4, 0.5) is 4.79 Å². The molecule has 0 atom stereocenters. The number of rotatable bonds is 6. The third-order valence-corrected chi connectivity index (χ3v) is 3.87. The van der Waals surface area contributed by atoms with Crippen molar-refractivity contribution >= 4 is 35.0 Å². The molecule has 1 aromatic rings. The fourth-order valence-electron chi connectivity index (χ4n) is 1.88. The van der Waals surface area contributed by atoms with Crippen molar-refractivity contribution in [3.8, 4) is 18.1 Å². The van der Waals surface area contributed by atoms with Gasteiger partial charge >= 0.3 is 5.97 Å². The van der Waals surface area contributed by atoms with Gasteiger partial charge in [0.25, 0.3) is 11.1 Å². The molecule has 6 nitrogen and oxygen atoms in total. The van der Waals surface area contributed by atoms with Crippen molar-refractivity contribution in [1.82, 2.24) is 4.90 Å². The van der Waals surface area contributed by atoms with Gasteiger partial charge in [-0.15, -0.1) is 6.42 Å². The van der Waals surface area contributed by atoms with Gasteiger partial charge in [-0.05, 0) is 42.5 Å². The smallest absolute Gasteiger partial charge is 0.344 e. The van der Waals surface area contributed by atoms with E-state index in [0.29, 0.717) is 17.3 Å². The normalized spacial score (nSPS) is 15.5. The Bertz CT molecular complexity index is 717. The molecular weight excluding hydrogens is 330 g/mol. The van der Waals surface area contributed by atoms with Crippen molar-refractivity contribution in [1.29, 1.82) is 0 Å². The number of ether oxygens (including phenoxy) is 2. The highest BCUT2D eigenvalue weighted by Crippen LogP contribution is 2.32. The Balaban J connectivity index is 2.01. The Morgan fingerprint density at radius 1 is 1.33 bits per heavy atom. The number of hydrogen-bond donors (Lipinski definition) is 0. The van der Waals surface area contributed by atoms with Crippen LogP contribution in [-0.4, -0.2) is 41.8 Å². The molecule has 1 aliphatic heterocycles. The zero-order valence-corrected chi connectivity index (χ0v) is 13.8. The molecule has 24 heavy (non-hydrogen) atoms. The lowest BCUT2D eigenvalue weighted by Crippen LogP contribution is -2.28. The molecule has 1 aromatic carbocycles. The summed E-state index contributed by atoms with van der Waals surface area (Å²) in [5.74, 6) is 1.95. The molecule has 0 N–H and O–H groups in total. The average Bonchev–Trinajstić information content (AvgIpc) is 2.82. The maximum absolute atomic E-state index is 12.1. The largest absolute Gasteiger partial charge is 0.482 e. The molecule has 1 fully saturated rings. The van der Waals surface area contributed by atoms with Gasteiger partial charge < -0.3 is 9.47 Å². The number of hydrogen-bond acceptors (Lipinski definition) is 6. The van der Waals surface area contributed by atoms with E-state index in [1.165, 1.54) is 0 Å². The lowest BCUT2D eigenvalue weighted by atomic mass is 10.2. The van der Waals surface area contributed by atoms with Crippen LogP contribution in [0.15, 0.2) is 29.2 Å². The topological polar surface area (TPSA) is 72.9 Å². The molecule has 1 aliphatic rings.